The second-order valence-electron chi connectivity index (χ2n) is 7.96. The van der Waals surface area contributed by atoms with Gasteiger partial charge in [-0.15, -0.1) is 0 Å². The van der Waals surface area contributed by atoms with Crippen molar-refractivity contribution in [3.8, 4) is 23.0 Å². The maximum absolute atomic E-state index is 12.7. The monoisotopic (exact) mass is 416 g/mol. The number of carbonyl (C=O) groups is 1. The SMILES string of the molecule is CC(C)=CCc1c(O)c(Cc2c(O)c(C)c(C)oc2=O)c(O)c(C(=O)C(C)C)c1O. The van der Waals surface area contributed by atoms with Gasteiger partial charge in [-0.3, -0.25) is 4.79 Å². The Kier molecular flexibility index (Phi) is 6.65. The second kappa shape index (κ2) is 8.65. The molecule has 2 aromatic rings. The third-order valence-corrected chi connectivity index (χ3v) is 5.12. The van der Waals surface area contributed by atoms with Crippen molar-refractivity contribution in [2.45, 2.75) is 54.4 Å². The second-order valence-corrected chi connectivity index (χ2v) is 7.96. The topological polar surface area (TPSA) is 128 Å². The molecule has 0 amide bonds. The van der Waals surface area contributed by atoms with E-state index in [1.165, 1.54) is 6.92 Å². The van der Waals surface area contributed by atoms with Crippen LogP contribution in [0, 0.1) is 19.8 Å². The maximum Gasteiger partial charge on any atom is 0.343 e. The number of benzene rings is 1. The Morgan fingerprint density at radius 1 is 0.933 bits per heavy atom. The van der Waals surface area contributed by atoms with Crippen molar-refractivity contribution in [1.29, 1.82) is 0 Å². The minimum absolute atomic E-state index is 0.0562. The van der Waals surface area contributed by atoms with E-state index in [0.29, 0.717) is 5.56 Å². The highest BCUT2D eigenvalue weighted by Crippen LogP contribution is 2.44. The number of ketones is 1. The quantitative estimate of drug-likeness (QED) is 0.413. The Hall–Kier alpha value is -3.22. The van der Waals surface area contributed by atoms with Crippen LogP contribution >= 0.6 is 0 Å². The normalized spacial score (nSPS) is 11.0. The Bertz CT molecular complexity index is 1080. The average molecular weight is 416 g/mol. The van der Waals surface area contributed by atoms with Gasteiger partial charge in [-0.2, -0.15) is 0 Å². The van der Waals surface area contributed by atoms with E-state index in [0.717, 1.165) is 5.57 Å². The number of aromatic hydroxyl groups is 4. The molecule has 7 heteroatoms. The predicted molar refractivity (Wildman–Crippen MR) is 113 cm³/mol. The van der Waals surface area contributed by atoms with Gasteiger partial charge >= 0.3 is 5.63 Å². The Balaban J connectivity index is 2.82. The molecule has 30 heavy (non-hydrogen) atoms. The molecule has 0 saturated carbocycles. The number of carbonyl (C=O) groups excluding carboxylic acids is 1. The zero-order chi connectivity index (χ0) is 22.9. The van der Waals surface area contributed by atoms with E-state index >= 15 is 0 Å². The summed E-state index contributed by atoms with van der Waals surface area (Å²) in [5, 5.41) is 42.7. The number of phenolic OH excluding ortho intramolecular Hbond substituents is 3. The summed E-state index contributed by atoms with van der Waals surface area (Å²) >= 11 is 0. The molecule has 0 fully saturated rings. The van der Waals surface area contributed by atoms with Gasteiger partial charge in [-0.05, 0) is 34.1 Å². The van der Waals surface area contributed by atoms with Crippen LogP contribution in [0.5, 0.6) is 23.0 Å². The first-order valence-electron chi connectivity index (χ1n) is 9.66. The van der Waals surface area contributed by atoms with Crippen molar-refractivity contribution >= 4 is 5.78 Å². The molecule has 0 saturated heterocycles. The summed E-state index contributed by atoms with van der Waals surface area (Å²) in [6, 6.07) is 0. The molecule has 2 rings (SSSR count). The van der Waals surface area contributed by atoms with Gasteiger partial charge in [-0.1, -0.05) is 25.5 Å². The summed E-state index contributed by atoms with van der Waals surface area (Å²) in [4.78, 5) is 25.0. The summed E-state index contributed by atoms with van der Waals surface area (Å²) in [7, 11) is 0. The Morgan fingerprint density at radius 2 is 1.50 bits per heavy atom. The number of phenols is 3. The van der Waals surface area contributed by atoms with Gasteiger partial charge in [0.1, 0.15) is 34.3 Å². The van der Waals surface area contributed by atoms with Crippen LogP contribution in [0.1, 0.15) is 66.1 Å². The Labute approximate surface area is 174 Å². The molecule has 0 bridgehead atoms. The van der Waals surface area contributed by atoms with Gasteiger partial charge in [0.15, 0.2) is 5.78 Å². The lowest BCUT2D eigenvalue weighted by atomic mass is 9.89. The van der Waals surface area contributed by atoms with E-state index in [1.54, 1.807) is 26.8 Å². The lowest BCUT2D eigenvalue weighted by Crippen LogP contribution is -2.13. The highest BCUT2D eigenvalue weighted by atomic mass is 16.4. The number of aryl methyl sites for hydroxylation is 1. The fraction of sp³-hybridized carbons (Fsp3) is 0.391. The summed E-state index contributed by atoms with van der Waals surface area (Å²) < 4.78 is 5.12. The van der Waals surface area contributed by atoms with E-state index < -0.39 is 34.6 Å². The Morgan fingerprint density at radius 3 is 2.03 bits per heavy atom. The van der Waals surface area contributed by atoms with Crippen LogP contribution in [-0.4, -0.2) is 26.2 Å². The van der Waals surface area contributed by atoms with Gasteiger partial charge in [0, 0.05) is 29.0 Å². The third-order valence-electron chi connectivity index (χ3n) is 5.12. The standard InChI is InChI=1S/C23H28O7/c1-10(2)7-8-14-20(26)15(22(28)17(21(14)27)18(24)11(3)4)9-16-19(25)12(5)13(6)30-23(16)29/h7,11,25-28H,8-9H2,1-6H3. The van der Waals surface area contributed by atoms with Crippen molar-refractivity contribution in [3.63, 3.8) is 0 Å². The van der Waals surface area contributed by atoms with Crippen molar-refractivity contribution < 1.29 is 29.6 Å². The minimum atomic E-state index is -0.815. The smallest absolute Gasteiger partial charge is 0.343 e. The number of hydrogen-bond donors (Lipinski definition) is 4. The molecule has 0 radical (unpaired) electrons. The average Bonchev–Trinajstić information content (AvgIpc) is 2.65. The number of Topliss-reactive ketones (excluding diaryl/α,β-unsaturated/α-hetero) is 1. The molecular weight excluding hydrogens is 388 g/mol. The van der Waals surface area contributed by atoms with Crippen molar-refractivity contribution in [2.75, 3.05) is 0 Å². The van der Waals surface area contributed by atoms with Crippen molar-refractivity contribution in [3.05, 3.63) is 55.6 Å². The van der Waals surface area contributed by atoms with Gasteiger partial charge < -0.3 is 24.8 Å². The van der Waals surface area contributed by atoms with Crippen molar-refractivity contribution in [2.24, 2.45) is 5.92 Å². The van der Waals surface area contributed by atoms with Crippen LogP contribution in [0.4, 0.5) is 0 Å². The highest BCUT2D eigenvalue weighted by molar-refractivity contribution is 6.03. The van der Waals surface area contributed by atoms with Gasteiger partial charge in [-0.25, -0.2) is 4.79 Å². The van der Waals surface area contributed by atoms with Gasteiger partial charge in [0.25, 0.3) is 0 Å². The van der Waals surface area contributed by atoms with E-state index in [1.807, 2.05) is 13.8 Å². The van der Waals surface area contributed by atoms with E-state index in [4.69, 9.17) is 4.42 Å². The fourth-order valence-electron chi connectivity index (χ4n) is 3.11. The third kappa shape index (κ3) is 4.20. The first-order chi connectivity index (χ1) is 13.9. The molecule has 1 aromatic carbocycles. The van der Waals surface area contributed by atoms with Crippen LogP contribution in [0.25, 0.3) is 0 Å². The van der Waals surface area contributed by atoms with E-state index in [-0.39, 0.29) is 46.6 Å². The molecule has 162 valence electrons. The molecule has 0 aliphatic carbocycles. The van der Waals surface area contributed by atoms with Crippen LogP contribution in [0.2, 0.25) is 0 Å². The molecule has 0 atom stereocenters. The zero-order valence-corrected chi connectivity index (χ0v) is 18.1. The zero-order valence-electron chi connectivity index (χ0n) is 18.1. The maximum atomic E-state index is 12.7. The van der Waals surface area contributed by atoms with Gasteiger partial charge in [0.05, 0.1) is 5.56 Å². The lowest BCUT2D eigenvalue weighted by molar-refractivity contribution is 0.0933. The first kappa shape index (κ1) is 23.1. The van der Waals surface area contributed by atoms with Crippen LogP contribution in [0.15, 0.2) is 20.9 Å². The molecular formula is C23H28O7. The van der Waals surface area contributed by atoms with Crippen LogP contribution < -0.4 is 5.63 Å². The molecule has 7 nitrogen and oxygen atoms in total. The number of allylic oxidation sites excluding steroid dienone is 2. The largest absolute Gasteiger partial charge is 0.507 e. The van der Waals surface area contributed by atoms with E-state index in [2.05, 4.69) is 0 Å². The first-order valence-corrected chi connectivity index (χ1v) is 9.66. The molecule has 0 aliphatic heterocycles. The number of rotatable bonds is 6. The lowest BCUT2D eigenvalue weighted by Gasteiger charge is -2.19. The highest BCUT2D eigenvalue weighted by Gasteiger charge is 2.29. The number of hydrogen-bond acceptors (Lipinski definition) is 7. The summed E-state index contributed by atoms with van der Waals surface area (Å²) in [6.45, 7) is 10.0. The summed E-state index contributed by atoms with van der Waals surface area (Å²) in [6.07, 6.45) is 1.48. The summed E-state index contributed by atoms with van der Waals surface area (Å²) in [5.74, 6) is -2.67. The molecule has 4 N–H and O–H groups in total. The molecule has 0 unspecified atom stereocenters. The van der Waals surface area contributed by atoms with Gasteiger partial charge in [0.2, 0.25) is 0 Å². The molecule has 0 spiro atoms. The molecule has 1 heterocycles. The predicted octanol–water partition coefficient (Wildman–Crippen LogP) is 4.02. The molecule has 1 aromatic heterocycles. The van der Waals surface area contributed by atoms with Crippen molar-refractivity contribution in [1.82, 2.24) is 0 Å². The summed E-state index contributed by atoms with van der Waals surface area (Å²) in [5.41, 5.74) is -0.100. The van der Waals surface area contributed by atoms with E-state index in [9.17, 15) is 30.0 Å². The molecule has 0 aliphatic rings. The van der Waals surface area contributed by atoms with Crippen LogP contribution in [0.3, 0.4) is 0 Å². The minimum Gasteiger partial charge on any atom is -0.507 e. The van der Waals surface area contributed by atoms with Crippen LogP contribution in [-0.2, 0) is 12.8 Å². The fourth-order valence-corrected chi connectivity index (χ4v) is 3.11.